The number of rotatable bonds is 1. The first-order valence-corrected chi connectivity index (χ1v) is 4.01. The molecule has 4 heteroatoms. The molecule has 0 unspecified atom stereocenters. The highest BCUT2D eigenvalue weighted by atomic mass is 127. The second-order valence-electron chi connectivity index (χ2n) is 2.01. The first-order valence-electron chi connectivity index (χ1n) is 2.93. The average Bonchev–Trinajstić information content (AvgIpc) is 1.97. The molecule has 0 aliphatic carbocycles. The van der Waals surface area contributed by atoms with Crippen LogP contribution < -0.4 is 10.5 Å². The Morgan fingerprint density at radius 1 is 1.55 bits per heavy atom. The number of hydrogen-bond donors (Lipinski definition) is 1. The first kappa shape index (κ1) is 8.58. The van der Waals surface area contributed by atoms with E-state index in [0.717, 1.165) is 3.57 Å². The number of nitrogens with two attached hydrogens (primary N) is 1. The van der Waals surface area contributed by atoms with Crippen LogP contribution in [0.5, 0.6) is 5.75 Å². The first-order chi connectivity index (χ1) is 5.15. The number of benzene rings is 1. The molecule has 11 heavy (non-hydrogen) atoms. The summed E-state index contributed by atoms with van der Waals surface area (Å²) in [5, 5.41) is 0. The van der Waals surface area contributed by atoms with Gasteiger partial charge in [0.15, 0.2) is 0 Å². The Hall–Kier alpha value is -0.520. The van der Waals surface area contributed by atoms with Crippen LogP contribution in [0.2, 0.25) is 0 Å². The molecule has 0 aliphatic rings. The van der Waals surface area contributed by atoms with Gasteiger partial charge in [-0.05, 0) is 28.7 Å². The third kappa shape index (κ3) is 1.74. The number of methoxy groups -OCH3 is 1. The monoisotopic (exact) mass is 267 g/mol. The maximum atomic E-state index is 12.7. The van der Waals surface area contributed by atoms with Gasteiger partial charge in [0.1, 0.15) is 11.6 Å². The SMILES string of the molecule is COc1cc(F)c(N)cc1I. The molecule has 60 valence electrons. The fourth-order valence-corrected chi connectivity index (χ4v) is 1.41. The summed E-state index contributed by atoms with van der Waals surface area (Å²) in [7, 11) is 1.49. The van der Waals surface area contributed by atoms with Crippen molar-refractivity contribution >= 4 is 28.3 Å². The predicted octanol–water partition coefficient (Wildman–Crippen LogP) is 2.02. The van der Waals surface area contributed by atoms with Crippen molar-refractivity contribution in [2.24, 2.45) is 0 Å². The Balaban J connectivity index is 3.21. The molecule has 0 spiro atoms. The van der Waals surface area contributed by atoms with E-state index in [1.807, 2.05) is 22.6 Å². The fraction of sp³-hybridized carbons (Fsp3) is 0.143. The van der Waals surface area contributed by atoms with Crippen molar-refractivity contribution in [1.29, 1.82) is 0 Å². The van der Waals surface area contributed by atoms with Gasteiger partial charge in [-0.2, -0.15) is 0 Å². The third-order valence-corrected chi connectivity index (χ3v) is 2.11. The minimum absolute atomic E-state index is 0.148. The Bertz CT molecular complexity index is 277. The molecule has 1 aromatic rings. The van der Waals surface area contributed by atoms with Gasteiger partial charge < -0.3 is 10.5 Å². The highest BCUT2D eigenvalue weighted by molar-refractivity contribution is 14.1. The maximum Gasteiger partial charge on any atom is 0.149 e. The zero-order valence-electron chi connectivity index (χ0n) is 5.90. The van der Waals surface area contributed by atoms with Crippen molar-refractivity contribution in [3.8, 4) is 5.75 Å². The van der Waals surface area contributed by atoms with Crippen molar-refractivity contribution < 1.29 is 9.13 Å². The van der Waals surface area contributed by atoms with Gasteiger partial charge in [-0.25, -0.2) is 4.39 Å². The van der Waals surface area contributed by atoms with E-state index in [4.69, 9.17) is 10.5 Å². The number of nitrogen functional groups attached to an aromatic ring is 1. The van der Waals surface area contributed by atoms with E-state index in [-0.39, 0.29) is 5.69 Å². The van der Waals surface area contributed by atoms with Crippen LogP contribution in [0.3, 0.4) is 0 Å². The molecule has 0 atom stereocenters. The lowest BCUT2D eigenvalue weighted by Crippen LogP contribution is -1.94. The smallest absolute Gasteiger partial charge is 0.149 e. The van der Waals surface area contributed by atoms with Gasteiger partial charge in [-0.1, -0.05) is 0 Å². The zero-order chi connectivity index (χ0) is 8.43. The van der Waals surface area contributed by atoms with Crippen LogP contribution in [0.25, 0.3) is 0 Å². The lowest BCUT2D eigenvalue weighted by atomic mass is 10.3. The van der Waals surface area contributed by atoms with Gasteiger partial charge in [0.25, 0.3) is 0 Å². The number of anilines is 1. The Labute approximate surface area is 77.7 Å². The van der Waals surface area contributed by atoms with Crippen LogP contribution in [0.1, 0.15) is 0 Å². The molecule has 0 aliphatic heterocycles. The molecule has 0 aromatic heterocycles. The van der Waals surface area contributed by atoms with Crippen LogP contribution in [-0.2, 0) is 0 Å². The molecule has 0 heterocycles. The fourth-order valence-electron chi connectivity index (χ4n) is 0.700. The van der Waals surface area contributed by atoms with E-state index in [0.29, 0.717) is 5.75 Å². The summed E-state index contributed by atoms with van der Waals surface area (Å²) in [6, 6.07) is 2.81. The minimum Gasteiger partial charge on any atom is -0.496 e. The molecule has 2 nitrogen and oxygen atoms in total. The minimum atomic E-state index is -0.442. The van der Waals surface area contributed by atoms with Crippen LogP contribution in [0, 0.1) is 9.39 Å². The molecular formula is C7H7FINO. The van der Waals surface area contributed by atoms with Gasteiger partial charge in [0, 0.05) is 6.07 Å². The molecule has 0 fully saturated rings. The van der Waals surface area contributed by atoms with Gasteiger partial charge in [0.05, 0.1) is 16.4 Å². The molecule has 0 amide bonds. The maximum absolute atomic E-state index is 12.7. The van der Waals surface area contributed by atoms with Gasteiger partial charge >= 0.3 is 0 Å². The topological polar surface area (TPSA) is 35.2 Å². The Morgan fingerprint density at radius 2 is 2.18 bits per heavy atom. The van der Waals surface area contributed by atoms with Crippen molar-refractivity contribution in [3.63, 3.8) is 0 Å². The second-order valence-corrected chi connectivity index (χ2v) is 3.17. The normalized spacial score (nSPS) is 9.73. The van der Waals surface area contributed by atoms with E-state index < -0.39 is 5.82 Å². The molecule has 0 bridgehead atoms. The van der Waals surface area contributed by atoms with Crippen molar-refractivity contribution in [1.82, 2.24) is 0 Å². The van der Waals surface area contributed by atoms with E-state index >= 15 is 0 Å². The molecule has 1 aromatic carbocycles. The van der Waals surface area contributed by atoms with Crippen LogP contribution >= 0.6 is 22.6 Å². The van der Waals surface area contributed by atoms with Gasteiger partial charge in [-0.15, -0.1) is 0 Å². The predicted molar refractivity (Wildman–Crippen MR) is 50.1 cm³/mol. The summed E-state index contributed by atoms with van der Waals surface area (Å²) in [6.07, 6.45) is 0. The van der Waals surface area contributed by atoms with E-state index in [2.05, 4.69) is 0 Å². The van der Waals surface area contributed by atoms with Gasteiger partial charge in [-0.3, -0.25) is 0 Å². The number of halogens is 2. The molecule has 2 N–H and O–H groups in total. The molecule has 0 radical (unpaired) electrons. The molecule has 1 rings (SSSR count). The van der Waals surface area contributed by atoms with E-state index in [1.165, 1.54) is 19.2 Å². The average molecular weight is 267 g/mol. The quantitative estimate of drug-likeness (QED) is 0.624. The lowest BCUT2D eigenvalue weighted by Gasteiger charge is -2.03. The summed E-state index contributed by atoms with van der Waals surface area (Å²) < 4.78 is 18.4. The van der Waals surface area contributed by atoms with Crippen LogP contribution in [-0.4, -0.2) is 7.11 Å². The molecule has 0 saturated carbocycles. The standard InChI is InChI=1S/C7H7FINO/c1-11-7-2-4(8)6(10)3-5(7)9/h2-3H,10H2,1H3. The van der Waals surface area contributed by atoms with E-state index in [9.17, 15) is 4.39 Å². The summed E-state index contributed by atoms with van der Waals surface area (Å²) in [5.74, 6) is 0.0690. The summed E-state index contributed by atoms with van der Waals surface area (Å²) in [4.78, 5) is 0. The number of ether oxygens (including phenoxy) is 1. The largest absolute Gasteiger partial charge is 0.496 e. The summed E-state index contributed by atoms with van der Waals surface area (Å²) in [5.41, 5.74) is 5.46. The molecular weight excluding hydrogens is 260 g/mol. The second kappa shape index (κ2) is 3.25. The van der Waals surface area contributed by atoms with Crippen molar-refractivity contribution in [2.45, 2.75) is 0 Å². The van der Waals surface area contributed by atoms with Crippen molar-refractivity contribution in [2.75, 3.05) is 12.8 Å². The van der Waals surface area contributed by atoms with Crippen LogP contribution in [0.15, 0.2) is 12.1 Å². The Morgan fingerprint density at radius 3 is 2.73 bits per heavy atom. The summed E-state index contributed by atoms with van der Waals surface area (Å²) >= 11 is 2.03. The summed E-state index contributed by atoms with van der Waals surface area (Å²) in [6.45, 7) is 0. The van der Waals surface area contributed by atoms with Crippen molar-refractivity contribution in [3.05, 3.63) is 21.5 Å². The van der Waals surface area contributed by atoms with Crippen LogP contribution in [0.4, 0.5) is 10.1 Å². The Kier molecular flexibility index (Phi) is 2.53. The highest BCUT2D eigenvalue weighted by Crippen LogP contribution is 2.25. The lowest BCUT2D eigenvalue weighted by molar-refractivity contribution is 0.408. The van der Waals surface area contributed by atoms with E-state index in [1.54, 1.807) is 0 Å². The highest BCUT2D eigenvalue weighted by Gasteiger charge is 2.04. The number of hydrogen-bond acceptors (Lipinski definition) is 2. The molecule has 0 saturated heterocycles. The van der Waals surface area contributed by atoms with Gasteiger partial charge in [0.2, 0.25) is 0 Å². The third-order valence-electron chi connectivity index (χ3n) is 1.27. The zero-order valence-corrected chi connectivity index (χ0v) is 8.05.